The monoisotopic (exact) mass is 449 g/mol. The molecule has 33 heavy (non-hydrogen) atoms. The smallest absolute Gasteiger partial charge is 0.331 e. The minimum atomic E-state index is -0.606. The van der Waals surface area contributed by atoms with Crippen LogP contribution in [0, 0.1) is 0 Å². The molecule has 9 heteroatoms. The fraction of sp³-hybridized carbons (Fsp3) is 0.208. The molecule has 0 bridgehead atoms. The van der Waals surface area contributed by atoms with Crippen LogP contribution in [0.4, 0.5) is 11.4 Å². The summed E-state index contributed by atoms with van der Waals surface area (Å²) in [5.74, 6) is -1.14. The van der Waals surface area contributed by atoms with Crippen molar-refractivity contribution in [2.24, 2.45) is 0 Å². The van der Waals surface area contributed by atoms with Crippen molar-refractivity contribution >= 4 is 35.2 Å². The highest BCUT2D eigenvalue weighted by atomic mass is 16.5. The van der Waals surface area contributed by atoms with Gasteiger partial charge in [-0.1, -0.05) is 24.3 Å². The Balaban J connectivity index is 1.52. The summed E-state index contributed by atoms with van der Waals surface area (Å²) in [6.45, 7) is 0.454. The molecule has 4 N–H and O–H groups in total. The third kappa shape index (κ3) is 7.51. The fourth-order valence-electron chi connectivity index (χ4n) is 2.83. The summed E-state index contributed by atoms with van der Waals surface area (Å²) in [5, 5.41) is 12.5. The lowest BCUT2D eigenvalue weighted by Gasteiger charge is -2.24. The zero-order valence-corrected chi connectivity index (χ0v) is 18.5. The summed E-state index contributed by atoms with van der Waals surface area (Å²) >= 11 is 0. The van der Waals surface area contributed by atoms with Crippen LogP contribution >= 0.6 is 0 Å². The molecule has 0 spiro atoms. The Morgan fingerprint density at radius 2 is 1.91 bits per heavy atom. The van der Waals surface area contributed by atoms with Crippen molar-refractivity contribution in [1.29, 1.82) is 0 Å². The van der Waals surface area contributed by atoms with E-state index in [9.17, 15) is 14.4 Å². The van der Waals surface area contributed by atoms with Gasteiger partial charge in [-0.25, -0.2) is 4.79 Å². The number of nitrogens with zero attached hydrogens (tertiary/aromatic N) is 1. The van der Waals surface area contributed by atoms with Gasteiger partial charge < -0.3 is 25.6 Å². The van der Waals surface area contributed by atoms with E-state index in [0.29, 0.717) is 11.3 Å². The minimum Gasteiger partial charge on any atom is -0.452 e. The Morgan fingerprint density at radius 3 is 2.61 bits per heavy atom. The lowest BCUT2D eigenvalue weighted by Crippen LogP contribution is -2.48. The van der Waals surface area contributed by atoms with Crippen molar-refractivity contribution in [3.63, 3.8) is 0 Å². The number of amides is 2. The Labute approximate surface area is 192 Å². The molecule has 1 aliphatic rings. The zero-order valence-electron chi connectivity index (χ0n) is 18.5. The Bertz CT molecular complexity index is 1050. The third-order valence-corrected chi connectivity index (χ3v) is 4.67. The normalized spacial score (nSPS) is 14.9. The number of likely N-dealkylation sites (N-methyl/N-ethyl adjacent to an activating group) is 1. The molecule has 0 aliphatic carbocycles. The average Bonchev–Trinajstić information content (AvgIpc) is 2.82. The van der Waals surface area contributed by atoms with E-state index in [2.05, 4.69) is 21.3 Å². The lowest BCUT2D eigenvalue weighted by atomic mass is 10.1. The third-order valence-electron chi connectivity index (χ3n) is 4.67. The second-order valence-electron chi connectivity index (χ2n) is 7.44. The molecule has 9 nitrogen and oxygen atoms in total. The van der Waals surface area contributed by atoms with E-state index < -0.39 is 5.97 Å². The predicted molar refractivity (Wildman–Crippen MR) is 127 cm³/mol. The first-order valence-electron chi connectivity index (χ1n) is 10.4. The van der Waals surface area contributed by atoms with Crippen LogP contribution in [0.5, 0.6) is 0 Å². The maximum atomic E-state index is 12.6. The molecule has 2 amide bonds. The first-order valence-corrected chi connectivity index (χ1v) is 10.4. The molecule has 1 atom stereocenters. The van der Waals surface area contributed by atoms with Gasteiger partial charge in [-0.3, -0.25) is 14.9 Å². The highest BCUT2D eigenvalue weighted by Gasteiger charge is 2.11. The van der Waals surface area contributed by atoms with Gasteiger partial charge in [0.15, 0.2) is 12.9 Å². The summed E-state index contributed by atoms with van der Waals surface area (Å²) in [5.41, 5.74) is 2.69. The maximum Gasteiger partial charge on any atom is 0.331 e. The van der Waals surface area contributed by atoms with Gasteiger partial charge in [0.05, 0.1) is 0 Å². The molecule has 172 valence electrons. The Kier molecular flexibility index (Phi) is 8.20. The fourth-order valence-corrected chi connectivity index (χ4v) is 2.83. The highest BCUT2D eigenvalue weighted by molar-refractivity contribution is 6.04. The van der Waals surface area contributed by atoms with Gasteiger partial charge in [0.25, 0.3) is 11.8 Å². The van der Waals surface area contributed by atoms with Crippen molar-refractivity contribution in [2.45, 2.75) is 6.29 Å². The van der Waals surface area contributed by atoms with Crippen LogP contribution in [0.1, 0.15) is 15.9 Å². The van der Waals surface area contributed by atoms with Crippen molar-refractivity contribution in [3.05, 3.63) is 78.0 Å². The predicted octanol–water partition coefficient (Wildman–Crippen LogP) is 1.99. The number of rotatable bonds is 8. The van der Waals surface area contributed by atoms with Crippen LogP contribution in [-0.4, -0.2) is 56.2 Å². The molecule has 1 unspecified atom stereocenters. The molecule has 1 heterocycles. The van der Waals surface area contributed by atoms with Crippen LogP contribution < -0.4 is 21.3 Å². The Hall–Kier alpha value is -4.11. The van der Waals surface area contributed by atoms with Gasteiger partial charge in [-0.05, 0) is 48.2 Å². The molecular formula is C24H27N5O4. The second-order valence-corrected chi connectivity index (χ2v) is 7.44. The maximum absolute atomic E-state index is 12.6. The first kappa shape index (κ1) is 23.6. The van der Waals surface area contributed by atoms with Gasteiger partial charge >= 0.3 is 5.97 Å². The second kappa shape index (κ2) is 11.5. The van der Waals surface area contributed by atoms with E-state index in [-0.39, 0.29) is 24.7 Å². The van der Waals surface area contributed by atoms with Gasteiger partial charge in [0.2, 0.25) is 0 Å². The molecule has 1 aliphatic heterocycles. The quantitative estimate of drug-likeness (QED) is 0.360. The zero-order chi connectivity index (χ0) is 23.6. The van der Waals surface area contributed by atoms with Gasteiger partial charge in [0, 0.05) is 43.7 Å². The average molecular weight is 450 g/mol. The number of hydrogen-bond acceptors (Lipinski definition) is 7. The van der Waals surface area contributed by atoms with Gasteiger partial charge in [-0.2, -0.15) is 0 Å². The number of esters is 1. The first-order chi connectivity index (χ1) is 15.9. The summed E-state index contributed by atoms with van der Waals surface area (Å²) in [4.78, 5) is 37.1. The standard InChI is InChI=1S/C24H27N5O4/c1-29(2)21(30)16-33-22(31)12-9-17-7-10-19(11-8-17)27-23(32)18-5-3-6-20(15-18)28-24-25-13-4-14-26-24/h3-13,15,24-26,28H,14,16H2,1-2H3,(H,27,32). The van der Waals surface area contributed by atoms with Crippen molar-refractivity contribution in [3.8, 4) is 0 Å². The molecule has 0 fully saturated rings. The molecule has 2 aromatic carbocycles. The van der Waals surface area contributed by atoms with E-state index >= 15 is 0 Å². The van der Waals surface area contributed by atoms with E-state index in [0.717, 1.165) is 17.8 Å². The number of ether oxygens (including phenoxy) is 1. The number of carbonyl (C=O) groups excluding carboxylic acids is 3. The summed E-state index contributed by atoms with van der Waals surface area (Å²) in [7, 11) is 3.18. The topological polar surface area (TPSA) is 112 Å². The van der Waals surface area contributed by atoms with Gasteiger partial charge in [-0.15, -0.1) is 0 Å². The SMILES string of the molecule is CN(C)C(=O)COC(=O)C=Cc1ccc(NC(=O)c2cccc(NC3NC=CCN3)c2)cc1. The van der Waals surface area contributed by atoms with Crippen LogP contribution in [0.3, 0.4) is 0 Å². The van der Waals surface area contributed by atoms with E-state index in [4.69, 9.17) is 4.74 Å². The molecule has 2 aromatic rings. The lowest BCUT2D eigenvalue weighted by molar-refractivity contribution is -0.146. The highest BCUT2D eigenvalue weighted by Crippen LogP contribution is 2.15. The molecule has 0 radical (unpaired) electrons. The summed E-state index contributed by atoms with van der Waals surface area (Å²) in [6, 6.07) is 14.2. The van der Waals surface area contributed by atoms with E-state index in [1.54, 1.807) is 56.6 Å². The molecule has 3 rings (SSSR count). The minimum absolute atomic E-state index is 0.111. The van der Waals surface area contributed by atoms with Crippen LogP contribution in [0.15, 0.2) is 66.9 Å². The molecular weight excluding hydrogens is 422 g/mol. The Morgan fingerprint density at radius 1 is 1.12 bits per heavy atom. The summed E-state index contributed by atoms with van der Waals surface area (Å²) in [6.07, 6.45) is 6.56. The largest absolute Gasteiger partial charge is 0.452 e. The van der Waals surface area contributed by atoms with Crippen molar-refractivity contribution < 1.29 is 19.1 Å². The number of hydrogen-bond donors (Lipinski definition) is 4. The van der Waals surface area contributed by atoms with Gasteiger partial charge in [0.1, 0.15) is 0 Å². The summed E-state index contributed by atoms with van der Waals surface area (Å²) < 4.78 is 4.88. The number of anilines is 2. The van der Waals surface area contributed by atoms with Crippen LogP contribution in [0.25, 0.3) is 6.08 Å². The number of nitrogens with one attached hydrogen (secondary N) is 4. The number of carbonyl (C=O) groups is 3. The number of benzene rings is 2. The van der Waals surface area contributed by atoms with Crippen molar-refractivity contribution in [2.75, 3.05) is 37.9 Å². The molecule has 0 saturated heterocycles. The van der Waals surface area contributed by atoms with Crippen molar-refractivity contribution in [1.82, 2.24) is 15.5 Å². The van der Waals surface area contributed by atoms with Crippen LogP contribution in [-0.2, 0) is 14.3 Å². The van der Waals surface area contributed by atoms with E-state index in [1.165, 1.54) is 11.0 Å². The molecule has 0 aromatic heterocycles. The van der Waals surface area contributed by atoms with Crippen LogP contribution in [0.2, 0.25) is 0 Å². The molecule has 0 saturated carbocycles. The van der Waals surface area contributed by atoms with E-state index in [1.807, 2.05) is 24.4 Å².